The van der Waals surface area contributed by atoms with Gasteiger partial charge in [0.25, 0.3) is 11.8 Å². The number of halogens is 1. The largest absolute Gasteiger partial charge is 0.497 e. The van der Waals surface area contributed by atoms with Gasteiger partial charge in [-0.1, -0.05) is 30.7 Å². The molecule has 0 fully saturated rings. The first-order valence-corrected chi connectivity index (χ1v) is 11.1. The Morgan fingerprint density at radius 3 is 2.52 bits per heavy atom. The molecule has 6 nitrogen and oxygen atoms in total. The predicted molar refractivity (Wildman–Crippen MR) is 128 cm³/mol. The summed E-state index contributed by atoms with van der Waals surface area (Å²) in [6, 6.07) is 19.8. The second kappa shape index (κ2) is 9.96. The Labute approximate surface area is 198 Å². The number of amides is 2. The van der Waals surface area contributed by atoms with Crippen molar-refractivity contribution in [3.05, 3.63) is 88.4 Å². The Balaban J connectivity index is 1.56. The van der Waals surface area contributed by atoms with Gasteiger partial charge in [-0.15, -0.1) is 0 Å². The molecule has 0 aliphatic carbocycles. The van der Waals surface area contributed by atoms with Gasteiger partial charge in [0.15, 0.2) is 6.10 Å². The van der Waals surface area contributed by atoms with E-state index in [1.807, 2.05) is 37.3 Å². The van der Waals surface area contributed by atoms with E-state index in [1.165, 1.54) is 0 Å². The molecular weight excluding hydrogens is 440 g/mol. The summed E-state index contributed by atoms with van der Waals surface area (Å²) in [7, 11) is 1.62. The third-order valence-corrected chi connectivity index (χ3v) is 5.80. The SMILES string of the molecule is CC[C@H]1Oc2ccc(NC(=O)c3ccc(Cl)cc3)cc2CN(Cc2ccc(OC)cc2)C1=O. The number of benzene rings is 3. The lowest BCUT2D eigenvalue weighted by molar-refractivity contribution is -0.139. The van der Waals surface area contributed by atoms with Crippen LogP contribution in [0.1, 0.15) is 34.8 Å². The molecule has 1 aliphatic rings. The normalized spacial score (nSPS) is 15.3. The molecule has 0 spiro atoms. The van der Waals surface area contributed by atoms with Crippen LogP contribution >= 0.6 is 11.6 Å². The molecule has 4 rings (SSSR count). The number of nitrogens with one attached hydrogen (secondary N) is 1. The minimum Gasteiger partial charge on any atom is -0.497 e. The lowest BCUT2D eigenvalue weighted by Crippen LogP contribution is -2.38. The first-order valence-electron chi connectivity index (χ1n) is 10.7. The molecule has 0 saturated heterocycles. The zero-order chi connectivity index (χ0) is 23.4. The molecular formula is C26H25ClN2O4. The number of hydrogen-bond donors (Lipinski definition) is 1. The lowest BCUT2D eigenvalue weighted by Gasteiger charge is -2.23. The van der Waals surface area contributed by atoms with Crippen LogP contribution in [-0.4, -0.2) is 29.9 Å². The number of nitrogens with zero attached hydrogens (tertiary/aromatic N) is 1. The fourth-order valence-corrected chi connectivity index (χ4v) is 3.86. The molecule has 1 heterocycles. The highest BCUT2D eigenvalue weighted by Gasteiger charge is 2.30. The van der Waals surface area contributed by atoms with E-state index < -0.39 is 6.10 Å². The minimum absolute atomic E-state index is 0.0590. The van der Waals surface area contributed by atoms with E-state index in [0.717, 1.165) is 16.9 Å². The molecule has 0 radical (unpaired) electrons. The number of anilines is 1. The Hall–Kier alpha value is -3.51. The van der Waals surface area contributed by atoms with Crippen molar-refractivity contribution >= 4 is 29.1 Å². The number of carbonyl (C=O) groups excluding carboxylic acids is 2. The van der Waals surface area contributed by atoms with Crippen LogP contribution in [0.3, 0.4) is 0 Å². The number of methoxy groups -OCH3 is 1. The molecule has 1 atom stereocenters. The number of fused-ring (bicyclic) bond motifs is 1. The van der Waals surface area contributed by atoms with Crippen molar-refractivity contribution in [3.63, 3.8) is 0 Å². The van der Waals surface area contributed by atoms with E-state index in [1.54, 1.807) is 48.4 Å². The monoisotopic (exact) mass is 464 g/mol. The zero-order valence-corrected chi connectivity index (χ0v) is 19.3. The van der Waals surface area contributed by atoms with Crippen LogP contribution in [0.2, 0.25) is 5.02 Å². The van der Waals surface area contributed by atoms with Gasteiger partial charge in [0, 0.05) is 34.9 Å². The highest BCUT2D eigenvalue weighted by molar-refractivity contribution is 6.30. The highest BCUT2D eigenvalue weighted by Crippen LogP contribution is 2.30. The Kier molecular flexibility index (Phi) is 6.84. The summed E-state index contributed by atoms with van der Waals surface area (Å²) < 4.78 is 11.3. The van der Waals surface area contributed by atoms with E-state index >= 15 is 0 Å². The van der Waals surface area contributed by atoms with E-state index in [2.05, 4.69) is 5.32 Å². The van der Waals surface area contributed by atoms with Gasteiger partial charge in [0.1, 0.15) is 11.5 Å². The average molecular weight is 465 g/mol. The van der Waals surface area contributed by atoms with Crippen LogP contribution in [0, 0.1) is 0 Å². The number of rotatable bonds is 6. The summed E-state index contributed by atoms with van der Waals surface area (Å²) in [6.45, 7) is 2.75. The minimum atomic E-state index is -0.556. The zero-order valence-electron chi connectivity index (χ0n) is 18.5. The maximum absolute atomic E-state index is 13.1. The Morgan fingerprint density at radius 2 is 1.85 bits per heavy atom. The van der Waals surface area contributed by atoms with E-state index in [9.17, 15) is 9.59 Å². The molecule has 33 heavy (non-hydrogen) atoms. The van der Waals surface area contributed by atoms with Gasteiger partial charge in [-0.05, 0) is 66.6 Å². The molecule has 7 heteroatoms. The molecule has 0 aromatic heterocycles. The van der Waals surface area contributed by atoms with Crippen LogP contribution in [0.4, 0.5) is 5.69 Å². The van der Waals surface area contributed by atoms with Crippen LogP contribution in [0.5, 0.6) is 11.5 Å². The third-order valence-electron chi connectivity index (χ3n) is 5.55. The van der Waals surface area contributed by atoms with Crippen molar-refractivity contribution in [2.45, 2.75) is 32.5 Å². The quantitative estimate of drug-likeness (QED) is 0.537. The second-order valence-electron chi connectivity index (χ2n) is 7.84. The molecule has 3 aromatic rings. The summed E-state index contributed by atoms with van der Waals surface area (Å²) in [5.74, 6) is 1.12. The average Bonchev–Trinajstić information content (AvgIpc) is 2.96. The van der Waals surface area contributed by atoms with Crippen molar-refractivity contribution < 1.29 is 19.1 Å². The van der Waals surface area contributed by atoms with Gasteiger partial charge in [0.05, 0.1) is 7.11 Å². The van der Waals surface area contributed by atoms with Crippen molar-refractivity contribution in [2.75, 3.05) is 12.4 Å². The third kappa shape index (κ3) is 5.29. The lowest BCUT2D eigenvalue weighted by atomic mass is 10.1. The van der Waals surface area contributed by atoms with Gasteiger partial charge < -0.3 is 19.7 Å². The molecule has 0 saturated carbocycles. The smallest absolute Gasteiger partial charge is 0.264 e. The highest BCUT2D eigenvalue weighted by atomic mass is 35.5. The predicted octanol–water partition coefficient (Wildman–Crippen LogP) is 5.30. The van der Waals surface area contributed by atoms with Gasteiger partial charge in [-0.2, -0.15) is 0 Å². The number of carbonyl (C=O) groups is 2. The van der Waals surface area contributed by atoms with Gasteiger partial charge in [0.2, 0.25) is 0 Å². The molecule has 1 N–H and O–H groups in total. The van der Waals surface area contributed by atoms with E-state index in [4.69, 9.17) is 21.1 Å². The van der Waals surface area contributed by atoms with Gasteiger partial charge in [-0.3, -0.25) is 9.59 Å². The fraction of sp³-hybridized carbons (Fsp3) is 0.231. The number of hydrogen-bond acceptors (Lipinski definition) is 4. The summed E-state index contributed by atoms with van der Waals surface area (Å²) in [6.07, 6.45) is 0.00547. The van der Waals surface area contributed by atoms with Crippen LogP contribution in [-0.2, 0) is 17.9 Å². The Morgan fingerprint density at radius 1 is 1.12 bits per heavy atom. The van der Waals surface area contributed by atoms with Crippen LogP contribution in [0.25, 0.3) is 0 Å². The van der Waals surface area contributed by atoms with Gasteiger partial charge in [-0.25, -0.2) is 0 Å². The van der Waals surface area contributed by atoms with Crippen molar-refractivity contribution in [2.24, 2.45) is 0 Å². The second-order valence-corrected chi connectivity index (χ2v) is 8.28. The molecule has 0 unspecified atom stereocenters. The number of ether oxygens (including phenoxy) is 2. The summed E-state index contributed by atoms with van der Waals surface area (Å²) in [5.41, 5.74) is 2.97. The first-order chi connectivity index (χ1) is 16.0. The summed E-state index contributed by atoms with van der Waals surface area (Å²) >= 11 is 5.91. The molecule has 2 amide bonds. The summed E-state index contributed by atoms with van der Waals surface area (Å²) in [5, 5.41) is 3.48. The van der Waals surface area contributed by atoms with Crippen LogP contribution < -0.4 is 14.8 Å². The molecule has 1 aliphatic heterocycles. The van der Waals surface area contributed by atoms with E-state index in [-0.39, 0.29) is 11.8 Å². The summed E-state index contributed by atoms with van der Waals surface area (Å²) in [4.78, 5) is 27.5. The van der Waals surface area contributed by atoms with Gasteiger partial charge >= 0.3 is 0 Å². The molecule has 3 aromatic carbocycles. The van der Waals surface area contributed by atoms with Crippen molar-refractivity contribution in [3.8, 4) is 11.5 Å². The first kappa shape index (κ1) is 22.7. The standard InChI is InChI=1S/C26H25ClN2O4/c1-3-23-26(31)29(15-17-4-11-22(32-2)12-5-17)16-19-14-21(10-13-24(19)33-23)28-25(30)18-6-8-20(27)9-7-18/h4-14,23H,3,15-16H2,1-2H3,(H,28,30)/t23-/m1/s1. The van der Waals surface area contributed by atoms with Crippen LogP contribution in [0.15, 0.2) is 66.7 Å². The topological polar surface area (TPSA) is 67.9 Å². The molecule has 0 bridgehead atoms. The Bertz CT molecular complexity index is 1150. The maximum Gasteiger partial charge on any atom is 0.264 e. The van der Waals surface area contributed by atoms with Crippen molar-refractivity contribution in [1.29, 1.82) is 0 Å². The maximum atomic E-state index is 13.1. The molecule has 170 valence electrons. The fourth-order valence-electron chi connectivity index (χ4n) is 3.73. The van der Waals surface area contributed by atoms with Crippen molar-refractivity contribution in [1.82, 2.24) is 4.90 Å². The van der Waals surface area contributed by atoms with E-state index in [0.29, 0.717) is 41.5 Å².